The molecule has 4 unspecified atom stereocenters. The SMILES string of the molecule is CNC(=O)C(CC(=O)O)C1CC(C)CCC1C(C)C. The van der Waals surface area contributed by atoms with Crippen molar-refractivity contribution in [1.29, 1.82) is 0 Å². The van der Waals surface area contributed by atoms with Gasteiger partial charge in [-0.25, -0.2) is 0 Å². The summed E-state index contributed by atoms with van der Waals surface area (Å²) in [7, 11) is 1.59. The van der Waals surface area contributed by atoms with Crippen LogP contribution >= 0.6 is 0 Å². The lowest BCUT2D eigenvalue weighted by molar-refractivity contribution is -0.143. The second-order valence-corrected chi connectivity index (χ2v) is 6.31. The van der Waals surface area contributed by atoms with Crippen molar-refractivity contribution < 1.29 is 14.7 Å². The lowest BCUT2D eigenvalue weighted by atomic mass is 9.64. The standard InChI is InChI=1S/C15H27NO3/c1-9(2)11-6-5-10(3)7-12(11)13(8-14(17)18)15(19)16-4/h9-13H,5-8H2,1-4H3,(H,16,19)(H,17,18). The van der Waals surface area contributed by atoms with Crippen molar-refractivity contribution in [2.24, 2.45) is 29.6 Å². The van der Waals surface area contributed by atoms with Crippen LogP contribution in [0.25, 0.3) is 0 Å². The van der Waals surface area contributed by atoms with Gasteiger partial charge in [0, 0.05) is 7.05 Å². The van der Waals surface area contributed by atoms with E-state index in [1.807, 2.05) is 0 Å². The van der Waals surface area contributed by atoms with Gasteiger partial charge >= 0.3 is 5.97 Å². The summed E-state index contributed by atoms with van der Waals surface area (Å²) in [5, 5.41) is 11.7. The number of hydrogen-bond acceptors (Lipinski definition) is 2. The Kier molecular flexibility index (Phi) is 5.83. The molecule has 1 aliphatic carbocycles. The quantitative estimate of drug-likeness (QED) is 0.806. The zero-order valence-electron chi connectivity index (χ0n) is 12.5. The first-order chi connectivity index (χ1) is 8.86. The van der Waals surface area contributed by atoms with Crippen LogP contribution in [0, 0.1) is 29.6 Å². The van der Waals surface area contributed by atoms with E-state index in [0.29, 0.717) is 17.8 Å². The van der Waals surface area contributed by atoms with Gasteiger partial charge < -0.3 is 10.4 Å². The van der Waals surface area contributed by atoms with Gasteiger partial charge in [-0.05, 0) is 36.5 Å². The van der Waals surface area contributed by atoms with Crippen molar-refractivity contribution in [2.75, 3.05) is 7.05 Å². The van der Waals surface area contributed by atoms with Crippen molar-refractivity contribution in [3.63, 3.8) is 0 Å². The molecule has 1 fully saturated rings. The summed E-state index contributed by atoms with van der Waals surface area (Å²) >= 11 is 0. The van der Waals surface area contributed by atoms with Gasteiger partial charge in [0.2, 0.25) is 5.91 Å². The summed E-state index contributed by atoms with van der Waals surface area (Å²) in [5.41, 5.74) is 0. The van der Waals surface area contributed by atoms with E-state index in [0.717, 1.165) is 12.8 Å². The maximum atomic E-state index is 12.0. The Morgan fingerprint density at radius 1 is 1.26 bits per heavy atom. The molecule has 1 rings (SSSR count). The molecule has 19 heavy (non-hydrogen) atoms. The van der Waals surface area contributed by atoms with Gasteiger partial charge in [-0.15, -0.1) is 0 Å². The summed E-state index contributed by atoms with van der Waals surface area (Å²) in [6, 6.07) is 0. The van der Waals surface area contributed by atoms with Crippen LogP contribution in [0.3, 0.4) is 0 Å². The summed E-state index contributed by atoms with van der Waals surface area (Å²) in [4.78, 5) is 23.1. The highest BCUT2D eigenvalue weighted by Gasteiger charge is 2.39. The Hall–Kier alpha value is -1.06. The molecule has 0 aliphatic heterocycles. The first kappa shape index (κ1) is 16.0. The molecular weight excluding hydrogens is 242 g/mol. The average molecular weight is 269 g/mol. The van der Waals surface area contributed by atoms with Gasteiger partial charge in [0.15, 0.2) is 0 Å². The number of carbonyl (C=O) groups is 2. The van der Waals surface area contributed by atoms with Crippen molar-refractivity contribution in [3.8, 4) is 0 Å². The van der Waals surface area contributed by atoms with Crippen LogP contribution in [-0.2, 0) is 9.59 Å². The van der Waals surface area contributed by atoms with E-state index in [9.17, 15) is 9.59 Å². The zero-order valence-corrected chi connectivity index (χ0v) is 12.5. The third-order valence-electron chi connectivity index (χ3n) is 4.57. The number of carboxylic acids is 1. The van der Waals surface area contributed by atoms with E-state index in [1.54, 1.807) is 7.05 Å². The third-order valence-corrected chi connectivity index (χ3v) is 4.57. The minimum Gasteiger partial charge on any atom is -0.481 e. The molecule has 0 radical (unpaired) electrons. The van der Waals surface area contributed by atoms with Crippen molar-refractivity contribution in [1.82, 2.24) is 5.32 Å². The predicted octanol–water partition coefficient (Wildman–Crippen LogP) is 2.53. The number of hydrogen-bond donors (Lipinski definition) is 2. The van der Waals surface area contributed by atoms with Gasteiger partial charge in [-0.3, -0.25) is 9.59 Å². The van der Waals surface area contributed by atoms with Crippen molar-refractivity contribution in [2.45, 2.75) is 46.5 Å². The number of nitrogens with one attached hydrogen (secondary N) is 1. The second-order valence-electron chi connectivity index (χ2n) is 6.31. The van der Waals surface area contributed by atoms with E-state index < -0.39 is 11.9 Å². The van der Waals surface area contributed by atoms with Gasteiger partial charge in [0.25, 0.3) is 0 Å². The van der Waals surface area contributed by atoms with E-state index in [-0.39, 0.29) is 18.2 Å². The van der Waals surface area contributed by atoms with Gasteiger partial charge in [-0.1, -0.05) is 27.2 Å². The van der Waals surface area contributed by atoms with Crippen LogP contribution in [0.2, 0.25) is 0 Å². The first-order valence-corrected chi connectivity index (χ1v) is 7.30. The first-order valence-electron chi connectivity index (χ1n) is 7.30. The molecule has 2 N–H and O–H groups in total. The van der Waals surface area contributed by atoms with E-state index in [4.69, 9.17) is 5.11 Å². The number of amides is 1. The van der Waals surface area contributed by atoms with Gasteiger partial charge in [0.05, 0.1) is 12.3 Å². The Morgan fingerprint density at radius 2 is 1.89 bits per heavy atom. The fourth-order valence-electron chi connectivity index (χ4n) is 3.55. The molecule has 4 atom stereocenters. The maximum Gasteiger partial charge on any atom is 0.304 e. The topological polar surface area (TPSA) is 66.4 Å². The largest absolute Gasteiger partial charge is 0.481 e. The normalized spacial score (nSPS) is 29.0. The summed E-state index contributed by atoms with van der Waals surface area (Å²) in [6.07, 6.45) is 3.21. The summed E-state index contributed by atoms with van der Waals surface area (Å²) in [5.74, 6) is 0.344. The monoisotopic (exact) mass is 269 g/mol. The van der Waals surface area contributed by atoms with Crippen molar-refractivity contribution in [3.05, 3.63) is 0 Å². The molecule has 1 aliphatic rings. The lowest BCUT2D eigenvalue weighted by Gasteiger charge is -2.40. The molecule has 0 heterocycles. The Morgan fingerprint density at radius 3 is 2.37 bits per heavy atom. The number of carbonyl (C=O) groups excluding carboxylic acids is 1. The van der Waals surface area contributed by atoms with Crippen LogP contribution in [0.15, 0.2) is 0 Å². The Balaban J connectivity index is 2.93. The zero-order chi connectivity index (χ0) is 14.6. The van der Waals surface area contributed by atoms with Crippen molar-refractivity contribution >= 4 is 11.9 Å². The minimum absolute atomic E-state index is 0.0553. The van der Waals surface area contributed by atoms with Crippen LogP contribution in [0.1, 0.15) is 46.5 Å². The van der Waals surface area contributed by atoms with Gasteiger partial charge in [0.1, 0.15) is 0 Å². The predicted molar refractivity (Wildman–Crippen MR) is 74.6 cm³/mol. The highest BCUT2D eigenvalue weighted by atomic mass is 16.4. The number of carboxylic acid groups (broad SMARTS) is 1. The van der Waals surface area contributed by atoms with E-state index >= 15 is 0 Å². The summed E-state index contributed by atoms with van der Waals surface area (Å²) in [6.45, 7) is 6.55. The van der Waals surface area contributed by atoms with Crippen LogP contribution < -0.4 is 5.32 Å². The highest BCUT2D eigenvalue weighted by molar-refractivity contribution is 5.83. The second kappa shape index (κ2) is 6.92. The van der Waals surface area contributed by atoms with Crippen LogP contribution in [-0.4, -0.2) is 24.0 Å². The minimum atomic E-state index is -0.880. The van der Waals surface area contributed by atoms with Gasteiger partial charge in [-0.2, -0.15) is 0 Å². The molecule has 110 valence electrons. The number of rotatable bonds is 5. The van der Waals surface area contributed by atoms with Crippen LogP contribution in [0.5, 0.6) is 0 Å². The van der Waals surface area contributed by atoms with Crippen LogP contribution in [0.4, 0.5) is 0 Å². The smallest absolute Gasteiger partial charge is 0.304 e. The third kappa shape index (κ3) is 4.22. The van der Waals surface area contributed by atoms with E-state index in [1.165, 1.54) is 6.42 Å². The lowest BCUT2D eigenvalue weighted by Crippen LogP contribution is -2.41. The molecule has 0 aromatic rings. The maximum absolute atomic E-state index is 12.0. The molecule has 4 heteroatoms. The average Bonchev–Trinajstić information content (AvgIpc) is 2.34. The van der Waals surface area contributed by atoms with E-state index in [2.05, 4.69) is 26.1 Å². The molecular formula is C15H27NO3. The Bertz CT molecular complexity index is 327. The molecule has 0 aromatic heterocycles. The molecule has 0 aromatic carbocycles. The fourth-order valence-corrected chi connectivity index (χ4v) is 3.55. The number of aliphatic carboxylic acids is 1. The highest BCUT2D eigenvalue weighted by Crippen LogP contribution is 2.42. The molecule has 0 saturated heterocycles. The summed E-state index contributed by atoms with van der Waals surface area (Å²) < 4.78 is 0. The molecule has 1 saturated carbocycles. The molecule has 1 amide bonds. The molecule has 0 bridgehead atoms. The Labute approximate surface area is 116 Å². The molecule has 0 spiro atoms. The molecule has 4 nitrogen and oxygen atoms in total. The fraction of sp³-hybridized carbons (Fsp3) is 0.867.